The van der Waals surface area contributed by atoms with Gasteiger partial charge in [-0.2, -0.15) is 0 Å². The second kappa shape index (κ2) is 9.19. The first-order chi connectivity index (χ1) is 16.0. The van der Waals surface area contributed by atoms with Crippen LogP contribution in [0, 0.1) is 0 Å². The van der Waals surface area contributed by atoms with Gasteiger partial charge >= 0.3 is 6.36 Å². The fourth-order valence-electron chi connectivity index (χ4n) is 4.55. The van der Waals surface area contributed by atoms with Gasteiger partial charge in [0, 0.05) is 48.3 Å². The van der Waals surface area contributed by atoms with Crippen LogP contribution in [0.3, 0.4) is 0 Å². The van der Waals surface area contributed by atoms with Crippen molar-refractivity contribution in [3.05, 3.63) is 83.9 Å². The molecule has 5 rings (SSSR count). The van der Waals surface area contributed by atoms with Gasteiger partial charge < -0.3 is 14.4 Å². The molecule has 33 heavy (non-hydrogen) atoms. The molecule has 0 aliphatic carbocycles. The maximum absolute atomic E-state index is 12.3. The lowest BCUT2D eigenvalue weighted by Gasteiger charge is -2.32. The van der Waals surface area contributed by atoms with E-state index in [1.807, 2.05) is 0 Å². The van der Waals surface area contributed by atoms with Crippen LogP contribution in [0.5, 0.6) is 5.75 Å². The predicted octanol–water partition coefficient (Wildman–Crippen LogP) is 6.57. The van der Waals surface area contributed by atoms with E-state index in [1.165, 1.54) is 46.8 Å². The zero-order valence-electron chi connectivity index (χ0n) is 17.9. The highest BCUT2D eigenvalue weighted by Crippen LogP contribution is 2.40. The monoisotopic (exact) mass is 471 g/mol. The van der Waals surface area contributed by atoms with Gasteiger partial charge in [-0.25, -0.2) is 4.31 Å². The minimum Gasteiger partial charge on any atom is -0.406 e. The molecular weight excluding hydrogens is 447 g/mol. The Hall–Kier alpha value is -2.84. The van der Waals surface area contributed by atoms with Gasteiger partial charge in [0.05, 0.1) is 0 Å². The zero-order valence-corrected chi connectivity index (χ0v) is 18.7. The number of alkyl halides is 3. The highest BCUT2D eigenvalue weighted by atomic mass is 32.2. The van der Waals surface area contributed by atoms with E-state index in [1.54, 1.807) is 12.1 Å². The molecule has 0 bridgehead atoms. The SMILES string of the molecule is FC(F)(F)Oc1ccc(NSN2CCC(N3c4ccccc4CCc4ccccc43)C2)cc1. The molecule has 3 aromatic carbocycles. The fraction of sp³-hybridized carbons (Fsp3) is 0.280. The highest BCUT2D eigenvalue weighted by molar-refractivity contribution is 7.98. The molecule has 0 saturated carbocycles. The maximum atomic E-state index is 12.3. The van der Waals surface area contributed by atoms with Gasteiger partial charge in [-0.05, 0) is 66.8 Å². The summed E-state index contributed by atoms with van der Waals surface area (Å²) < 4.78 is 46.5. The van der Waals surface area contributed by atoms with Crippen LogP contribution in [0.1, 0.15) is 17.5 Å². The van der Waals surface area contributed by atoms with Crippen molar-refractivity contribution < 1.29 is 17.9 Å². The Kier molecular flexibility index (Phi) is 6.12. The number of para-hydroxylation sites is 2. The number of nitrogens with zero attached hydrogens (tertiary/aromatic N) is 2. The summed E-state index contributed by atoms with van der Waals surface area (Å²) in [6, 6.07) is 23.5. The third kappa shape index (κ3) is 5.07. The van der Waals surface area contributed by atoms with Crippen molar-refractivity contribution in [1.29, 1.82) is 0 Å². The summed E-state index contributed by atoms with van der Waals surface area (Å²) in [4.78, 5) is 2.50. The highest BCUT2D eigenvalue weighted by Gasteiger charge is 2.33. The lowest BCUT2D eigenvalue weighted by Crippen LogP contribution is -2.33. The maximum Gasteiger partial charge on any atom is 0.573 e. The number of ether oxygens (including phenoxy) is 1. The van der Waals surface area contributed by atoms with Crippen LogP contribution in [0.15, 0.2) is 72.8 Å². The van der Waals surface area contributed by atoms with Crippen molar-refractivity contribution in [2.45, 2.75) is 31.7 Å². The number of anilines is 3. The first-order valence-electron chi connectivity index (χ1n) is 10.9. The molecule has 1 fully saturated rings. The molecule has 2 aliphatic heterocycles. The summed E-state index contributed by atoms with van der Waals surface area (Å²) in [6.07, 6.45) is -1.59. The molecule has 0 spiro atoms. The van der Waals surface area contributed by atoms with Gasteiger partial charge in [-0.3, -0.25) is 0 Å². The van der Waals surface area contributed by atoms with E-state index in [0.29, 0.717) is 6.04 Å². The summed E-state index contributed by atoms with van der Waals surface area (Å²) in [5.74, 6) is -0.224. The molecule has 0 amide bonds. The number of rotatable bonds is 5. The summed E-state index contributed by atoms with van der Waals surface area (Å²) in [5.41, 5.74) is 6.04. The van der Waals surface area contributed by atoms with Crippen molar-refractivity contribution >= 4 is 29.2 Å². The third-order valence-corrected chi connectivity index (χ3v) is 6.95. The molecule has 2 aliphatic rings. The topological polar surface area (TPSA) is 27.7 Å². The molecule has 0 radical (unpaired) electrons. The summed E-state index contributed by atoms with van der Waals surface area (Å²) in [6.45, 7) is 1.79. The summed E-state index contributed by atoms with van der Waals surface area (Å²) in [5, 5.41) is 0. The lowest BCUT2D eigenvalue weighted by atomic mass is 10.0. The van der Waals surface area contributed by atoms with Gasteiger partial charge in [-0.1, -0.05) is 36.4 Å². The molecule has 2 heterocycles. The van der Waals surface area contributed by atoms with Gasteiger partial charge in [-0.15, -0.1) is 13.2 Å². The number of aryl methyl sites for hydroxylation is 2. The first-order valence-corrected chi connectivity index (χ1v) is 11.7. The van der Waals surface area contributed by atoms with Gasteiger partial charge in [0.2, 0.25) is 0 Å². The number of fused-ring (bicyclic) bond motifs is 2. The van der Waals surface area contributed by atoms with E-state index in [4.69, 9.17) is 0 Å². The Morgan fingerprint density at radius 3 is 2.06 bits per heavy atom. The van der Waals surface area contributed by atoms with Crippen LogP contribution in [-0.2, 0) is 12.8 Å². The first kappa shape index (κ1) is 22.0. The van der Waals surface area contributed by atoms with Crippen molar-refractivity contribution in [3.63, 3.8) is 0 Å². The molecule has 0 aromatic heterocycles. The van der Waals surface area contributed by atoms with Crippen molar-refractivity contribution in [2.24, 2.45) is 0 Å². The van der Waals surface area contributed by atoms with Gasteiger partial charge in [0.1, 0.15) is 5.75 Å². The Morgan fingerprint density at radius 2 is 1.45 bits per heavy atom. The molecule has 172 valence electrons. The van der Waals surface area contributed by atoms with E-state index < -0.39 is 6.36 Å². The zero-order chi connectivity index (χ0) is 22.8. The number of benzene rings is 3. The number of nitrogens with one attached hydrogen (secondary N) is 1. The van der Waals surface area contributed by atoms with Crippen LogP contribution in [0.25, 0.3) is 0 Å². The van der Waals surface area contributed by atoms with E-state index in [0.717, 1.165) is 38.0 Å². The normalized spacial score (nSPS) is 18.4. The third-order valence-electron chi connectivity index (χ3n) is 6.04. The van der Waals surface area contributed by atoms with Gasteiger partial charge in [0.15, 0.2) is 0 Å². The Bertz CT molecular complexity index is 1060. The molecule has 8 heteroatoms. The Morgan fingerprint density at radius 1 is 0.848 bits per heavy atom. The molecule has 1 atom stereocenters. The Labute approximate surface area is 195 Å². The van der Waals surface area contributed by atoms with Crippen LogP contribution in [0.4, 0.5) is 30.2 Å². The number of hydrogen-bond donors (Lipinski definition) is 1. The lowest BCUT2D eigenvalue weighted by molar-refractivity contribution is -0.274. The van der Waals surface area contributed by atoms with Crippen LogP contribution < -0.4 is 14.4 Å². The molecule has 3 aromatic rings. The van der Waals surface area contributed by atoms with Crippen molar-refractivity contribution in [2.75, 3.05) is 22.7 Å². The minimum absolute atomic E-state index is 0.224. The standard InChI is InChI=1S/C25H24F3N3OS/c26-25(27,28)32-22-13-11-20(12-14-22)29-33-30-16-15-21(17-30)31-23-7-3-1-5-18(23)9-10-19-6-2-4-8-24(19)31/h1-8,11-14,21,29H,9-10,15-17H2. The summed E-state index contributed by atoms with van der Waals surface area (Å²) in [7, 11) is 0. The number of halogens is 3. The van der Waals surface area contributed by atoms with Crippen LogP contribution >= 0.6 is 12.1 Å². The molecule has 1 N–H and O–H groups in total. The summed E-state index contributed by atoms with van der Waals surface area (Å²) >= 11 is 1.49. The molecule has 1 saturated heterocycles. The molecule has 1 unspecified atom stereocenters. The average molecular weight is 472 g/mol. The van der Waals surface area contributed by atoms with Crippen LogP contribution in [-0.4, -0.2) is 29.8 Å². The van der Waals surface area contributed by atoms with Crippen molar-refractivity contribution in [1.82, 2.24) is 4.31 Å². The van der Waals surface area contributed by atoms with Crippen molar-refractivity contribution in [3.8, 4) is 5.75 Å². The predicted molar refractivity (Wildman–Crippen MR) is 127 cm³/mol. The Balaban J connectivity index is 1.27. The number of hydrogen-bond acceptors (Lipinski definition) is 5. The van der Waals surface area contributed by atoms with E-state index in [9.17, 15) is 13.2 Å². The largest absolute Gasteiger partial charge is 0.573 e. The van der Waals surface area contributed by atoms with E-state index in [2.05, 4.69) is 67.2 Å². The molecular formula is C25H24F3N3OS. The second-order valence-electron chi connectivity index (χ2n) is 8.22. The fourth-order valence-corrected chi connectivity index (χ4v) is 5.37. The second-order valence-corrected chi connectivity index (χ2v) is 9.13. The quantitative estimate of drug-likeness (QED) is 0.425. The minimum atomic E-state index is -4.68. The average Bonchev–Trinajstić information content (AvgIpc) is 3.19. The van der Waals surface area contributed by atoms with E-state index >= 15 is 0 Å². The van der Waals surface area contributed by atoms with E-state index in [-0.39, 0.29) is 5.75 Å². The molecule has 4 nitrogen and oxygen atoms in total. The van der Waals surface area contributed by atoms with Gasteiger partial charge in [0.25, 0.3) is 0 Å². The smallest absolute Gasteiger partial charge is 0.406 e. The van der Waals surface area contributed by atoms with Crippen LogP contribution in [0.2, 0.25) is 0 Å².